The van der Waals surface area contributed by atoms with Gasteiger partial charge in [0.2, 0.25) is 0 Å². The molecule has 8 heteroatoms. The number of carbonyl (C=O) groups excluding carboxylic acids is 1. The van der Waals surface area contributed by atoms with Crippen molar-refractivity contribution in [3.8, 4) is 17.2 Å². The second-order valence-corrected chi connectivity index (χ2v) is 6.55. The second-order valence-electron chi connectivity index (χ2n) is 5.70. The molecular formula is C19H17BrFN3O3. The van der Waals surface area contributed by atoms with Gasteiger partial charge in [-0.15, -0.1) is 0 Å². The summed E-state index contributed by atoms with van der Waals surface area (Å²) in [5.74, 6) is 0.190. The molecule has 0 saturated heterocycles. The van der Waals surface area contributed by atoms with Crippen molar-refractivity contribution in [1.29, 1.82) is 0 Å². The van der Waals surface area contributed by atoms with Crippen LogP contribution in [0, 0.1) is 12.7 Å². The number of para-hydroxylation sites is 1. The van der Waals surface area contributed by atoms with Gasteiger partial charge in [-0.25, -0.2) is 9.07 Å². The molecule has 0 radical (unpaired) electrons. The fraction of sp³-hybridized carbons (Fsp3) is 0.158. The molecule has 0 unspecified atom stereocenters. The van der Waals surface area contributed by atoms with Gasteiger partial charge in [0, 0.05) is 18.0 Å². The zero-order valence-corrected chi connectivity index (χ0v) is 16.5. The van der Waals surface area contributed by atoms with E-state index in [1.807, 2.05) is 6.92 Å². The van der Waals surface area contributed by atoms with E-state index in [-0.39, 0.29) is 11.4 Å². The van der Waals surface area contributed by atoms with E-state index in [9.17, 15) is 9.18 Å². The standard InChI is InChI=1S/C19H17BrFN3O3/c1-11-8-16(26-2)17(27-3)9-14(11)22-19(25)18-12(20)10-24(23-18)15-7-5-4-6-13(15)21/h4-10H,1-3H3,(H,22,25). The van der Waals surface area contributed by atoms with Gasteiger partial charge in [-0.2, -0.15) is 5.10 Å². The number of hydrogen-bond donors (Lipinski definition) is 1. The second kappa shape index (κ2) is 7.79. The Labute approximate surface area is 164 Å². The predicted octanol–water partition coefficient (Wildman–Crippen LogP) is 4.35. The fourth-order valence-corrected chi connectivity index (χ4v) is 3.02. The van der Waals surface area contributed by atoms with E-state index in [1.54, 1.807) is 37.4 Å². The molecule has 0 spiro atoms. The number of methoxy groups -OCH3 is 2. The molecule has 0 saturated carbocycles. The summed E-state index contributed by atoms with van der Waals surface area (Å²) in [4.78, 5) is 12.7. The van der Waals surface area contributed by atoms with Crippen LogP contribution >= 0.6 is 15.9 Å². The summed E-state index contributed by atoms with van der Waals surface area (Å²) in [6, 6.07) is 9.63. The number of aryl methyl sites for hydroxylation is 1. The van der Waals surface area contributed by atoms with Crippen molar-refractivity contribution in [2.75, 3.05) is 19.5 Å². The number of carbonyl (C=O) groups is 1. The van der Waals surface area contributed by atoms with Gasteiger partial charge < -0.3 is 14.8 Å². The van der Waals surface area contributed by atoms with Crippen LogP contribution in [0.2, 0.25) is 0 Å². The van der Waals surface area contributed by atoms with E-state index in [4.69, 9.17) is 9.47 Å². The lowest BCUT2D eigenvalue weighted by atomic mass is 10.1. The molecule has 2 aromatic carbocycles. The van der Waals surface area contributed by atoms with Gasteiger partial charge in [-0.1, -0.05) is 12.1 Å². The number of anilines is 1. The minimum absolute atomic E-state index is 0.132. The zero-order valence-electron chi connectivity index (χ0n) is 14.9. The van der Waals surface area contributed by atoms with Crippen molar-refractivity contribution in [1.82, 2.24) is 9.78 Å². The lowest BCUT2D eigenvalue weighted by molar-refractivity contribution is 0.102. The normalized spacial score (nSPS) is 10.6. The number of benzene rings is 2. The van der Waals surface area contributed by atoms with Crippen LogP contribution in [0.4, 0.5) is 10.1 Å². The van der Waals surface area contributed by atoms with Gasteiger partial charge in [0.15, 0.2) is 17.2 Å². The van der Waals surface area contributed by atoms with E-state index < -0.39 is 11.7 Å². The van der Waals surface area contributed by atoms with Crippen LogP contribution in [-0.4, -0.2) is 29.9 Å². The van der Waals surface area contributed by atoms with Crippen molar-refractivity contribution in [3.63, 3.8) is 0 Å². The number of rotatable bonds is 5. The molecule has 0 bridgehead atoms. The van der Waals surface area contributed by atoms with E-state index in [1.165, 1.54) is 24.1 Å². The summed E-state index contributed by atoms with van der Waals surface area (Å²) in [5, 5.41) is 7.00. The summed E-state index contributed by atoms with van der Waals surface area (Å²) in [6.07, 6.45) is 1.54. The molecule has 1 aromatic heterocycles. The Kier molecular flexibility index (Phi) is 5.46. The first-order valence-corrected chi connectivity index (χ1v) is 8.78. The maximum atomic E-state index is 14.0. The highest BCUT2D eigenvalue weighted by atomic mass is 79.9. The lowest BCUT2D eigenvalue weighted by Gasteiger charge is -2.13. The van der Waals surface area contributed by atoms with Crippen LogP contribution in [0.1, 0.15) is 16.1 Å². The van der Waals surface area contributed by atoms with Crippen LogP contribution in [-0.2, 0) is 0 Å². The number of aromatic nitrogens is 2. The Morgan fingerprint density at radius 1 is 1.19 bits per heavy atom. The van der Waals surface area contributed by atoms with Crippen LogP contribution in [0.3, 0.4) is 0 Å². The summed E-state index contributed by atoms with van der Waals surface area (Å²) in [7, 11) is 3.06. The molecule has 6 nitrogen and oxygen atoms in total. The molecule has 1 heterocycles. The maximum absolute atomic E-state index is 14.0. The Balaban J connectivity index is 1.91. The molecule has 27 heavy (non-hydrogen) atoms. The van der Waals surface area contributed by atoms with Crippen molar-refractivity contribution in [3.05, 3.63) is 64.1 Å². The molecule has 0 aliphatic carbocycles. The topological polar surface area (TPSA) is 65.4 Å². The fourth-order valence-electron chi connectivity index (χ4n) is 2.56. The number of ether oxygens (including phenoxy) is 2. The van der Waals surface area contributed by atoms with Gasteiger partial charge >= 0.3 is 0 Å². The third kappa shape index (κ3) is 3.80. The average Bonchev–Trinajstić information content (AvgIpc) is 3.04. The Hall–Kier alpha value is -2.87. The van der Waals surface area contributed by atoms with E-state index in [2.05, 4.69) is 26.3 Å². The zero-order chi connectivity index (χ0) is 19.6. The first kappa shape index (κ1) is 18.9. The SMILES string of the molecule is COc1cc(C)c(NC(=O)c2nn(-c3ccccc3F)cc2Br)cc1OC. The van der Waals surface area contributed by atoms with Gasteiger partial charge in [0.1, 0.15) is 11.5 Å². The largest absolute Gasteiger partial charge is 0.493 e. The highest BCUT2D eigenvalue weighted by molar-refractivity contribution is 9.10. The number of nitrogens with zero attached hydrogens (tertiary/aromatic N) is 2. The van der Waals surface area contributed by atoms with Gasteiger partial charge in [-0.05, 0) is 46.6 Å². The first-order valence-electron chi connectivity index (χ1n) is 7.98. The summed E-state index contributed by atoms with van der Waals surface area (Å²) >= 11 is 3.31. The van der Waals surface area contributed by atoms with Crippen molar-refractivity contribution >= 4 is 27.5 Å². The number of amides is 1. The third-order valence-electron chi connectivity index (χ3n) is 3.96. The molecule has 1 amide bonds. The maximum Gasteiger partial charge on any atom is 0.277 e. The van der Waals surface area contributed by atoms with Gasteiger partial charge in [0.05, 0.1) is 18.7 Å². The lowest BCUT2D eigenvalue weighted by Crippen LogP contribution is -2.15. The predicted molar refractivity (Wildman–Crippen MR) is 103 cm³/mol. The number of nitrogens with one attached hydrogen (secondary N) is 1. The van der Waals surface area contributed by atoms with Crippen LogP contribution in [0.15, 0.2) is 47.1 Å². The summed E-state index contributed by atoms with van der Waals surface area (Å²) in [5.41, 5.74) is 1.74. The highest BCUT2D eigenvalue weighted by Gasteiger charge is 2.19. The van der Waals surface area contributed by atoms with Crippen molar-refractivity contribution < 1.29 is 18.7 Å². The molecule has 0 atom stereocenters. The summed E-state index contributed by atoms with van der Waals surface area (Å²) < 4.78 is 26.2. The minimum Gasteiger partial charge on any atom is -0.493 e. The van der Waals surface area contributed by atoms with Crippen molar-refractivity contribution in [2.45, 2.75) is 6.92 Å². The van der Waals surface area contributed by atoms with E-state index >= 15 is 0 Å². The van der Waals surface area contributed by atoms with Crippen LogP contribution in [0.25, 0.3) is 5.69 Å². The van der Waals surface area contributed by atoms with Crippen LogP contribution in [0.5, 0.6) is 11.5 Å². The Morgan fingerprint density at radius 2 is 1.85 bits per heavy atom. The monoisotopic (exact) mass is 433 g/mol. The summed E-state index contributed by atoms with van der Waals surface area (Å²) in [6.45, 7) is 1.84. The highest BCUT2D eigenvalue weighted by Crippen LogP contribution is 2.33. The third-order valence-corrected chi connectivity index (χ3v) is 4.54. The quantitative estimate of drug-likeness (QED) is 0.649. The van der Waals surface area contributed by atoms with E-state index in [0.29, 0.717) is 21.7 Å². The number of halogens is 2. The Morgan fingerprint density at radius 3 is 2.52 bits per heavy atom. The average molecular weight is 434 g/mol. The number of hydrogen-bond acceptors (Lipinski definition) is 4. The van der Waals surface area contributed by atoms with Crippen molar-refractivity contribution in [2.24, 2.45) is 0 Å². The first-order chi connectivity index (χ1) is 12.9. The van der Waals surface area contributed by atoms with Gasteiger partial charge in [-0.3, -0.25) is 4.79 Å². The van der Waals surface area contributed by atoms with Gasteiger partial charge in [0.25, 0.3) is 5.91 Å². The molecule has 0 aliphatic rings. The van der Waals surface area contributed by atoms with Crippen LogP contribution < -0.4 is 14.8 Å². The minimum atomic E-state index is -0.438. The molecule has 140 valence electrons. The molecular weight excluding hydrogens is 417 g/mol. The molecule has 1 N–H and O–H groups in total. The molecule has 0 fully saturated rings. The molecule has 3 aromatic rings. The van der Waals surface area contributed by atoms with E-state index in [0.717, 1.165) is 5.56 Å². The molecule has 3 rings (SSSR count). The molecule has 0 aliphatic heterocycles. The smallest absolute Gasteiger partial charge is 0.277 e. The Bertz CT molecular complexity index is 1000.